The van der Waals surface area contributed by atoms with Crippen molar-refractivity contribution in [2.24, 2.45) is 0 Å². The smallest absolute Gasteiger partial charge is 0.274 e. The standard InChI is InChI=1S/C3BrClF4O/c4-3(8,9)2(6,7)1(5)10. The van der Waals surface area contributed by atoms with Crippen molar-refractivity contribution in [1.82, 2.24) is 0 Å². The second kappa shape index (κ2) is 2.65. The molecule has 10 heavy (non-hydrogen) atoms. The second-order valence-electron chi connectivity index (χ2n) is 1.35. The lowest BCUT2D eigenvalue weighted by atomic mass is 10.4. The topological polar surface area (TPSA) is 17.1 Å². The molecule has 1 nitrogen and oxygen atoms in total. The number of hydrogen-bond donors (Lipinski definition) is 0. The fourth-order valence-corrected chi connectivity index (χ4v) is 0.524. The third-order valence-corrected chi connectivity index (χ3v) is 1.34. The van der Waals surface area contributed by atoms with Gasteiger partial charge < -0.3 is 0 Å². The van der Waals surface area contributed by atoms with Gasteiger partial charge in [0, 0.05) is 0 Å². The summed E-state index contributed by atoms with van der Waals surface area (Å²) in [6.45, 7) is 0. The normalized spacial score (nSPS) is 13.4. The summed E-state index contributed by atoms with van der Waals surface area (Å²) in [4.78, 5) is 5.03. The predicted molar refractivity (Wildman–Crippen MR) is 29.7 cm³/mol. The van der Waals surface area contributed by atoms with Crippen LogP contribution in [0, 0.1) is 0 Å². The van der Waals surface area contributed by atoms with E-state index in [-0.39, 0.29) is 0 Å². The first-order valence-electron chi connectivity index (χ1n) is 1.84. The van der Waals surface area contributed by atoms with Gasteiger partial charge >= 0.3 is 10.8 Å². The molecular weight excluding hydrogens is 243 g/mol. The fourth-order valence-electron chi connectivity index (χ4n) is 0.111. The van der Waals surface area contributed by atoms with E-state index in [2.05, 4.69) is 11.6 Å². The molecule has 0 radical (unpaired) electrons. The Morgan fingerprint density at radius 3 is 1.60 bits per heavy atom. The van der Waals surface area contributed by atoms with Gasteiger partial charge in [0.15, 0.2) is 0 Å². The maximum absolute atomic E-state index is 11.8. The number of alkyl halides is 5. The maximum atomic E-state index is 11.8. The second-order valence-corrected chi connectivity index (χ2v) is 2.69. The van der Waals surface area contributed by atoms with Crippen LogP contribution in [0.3, 0.4) is 0 Å². The zero-order valence-corrected chi connectivity index (χ0v) is 6.52. The predicted octanol–water partition coefficient (Wildman–Crippen LogP) is 2.37. The van der Waals surface area contributed by atoms with Crippen LogP contribution in [0.4, 0.5) is 17.6 Å². The summed E-state index contributed by atoms with van der Waals surface area (Å²) in [5, 5.41) is -2.39. The monoisotopic (exact) mass is 242 g/mol. The summed E-state index contributed by atoms with van der Waals surface area (Å²) >= 11 is 5.47. The average Bonchev–Trinajstić information content (AvgIpc) is 1.62. The minimum Gasteiger partial charge on any atom is -0.274 e. The van der Waals surface area contributed by atoms with E-state index in [0.29, 0.717) is 0 Å². The third-order valence-electron chi connectivity index (χ3n) is 0.603. The number of rotatable bonds is 2. The van der Waals surface area contributed by atoms with Crippen molar-refractivity contribution >= 4 is 32.8 Å². The minimum atomic E-state index is -4.85. The Bertz CT molecular complexity index is 153. The van der Waals surface area contributed by atoms with Gasteiger partial charge in [0.2, 0.25) is 0 Å². The lowest BCUT2D eigenvalue weighted by molar-refractivity contribution is -0.165. The molecule has 0 aromatic carbocycles. The van der Waals surface area contributed by atoms with E-state index in [4.69, 9.17) is 0 Å². The Hall–Kier alpha value is 0.160. The van der Waals surface area contributed by atoms with Crippen LogP contribution < -0.4 is 0 Å². The highest BCUT2D eigenvalue weighted by Crippen LogP contribution is 2.40. The highest BCUT2D eigenvalue weighted by molar-refractivity contribution is 9.10. The van der Waals surface area contributed by atoms with Gasteiger partial charge in [0.1, 0.15) is 0 Å². The summed E-state index contributed by atoms with van der Waals surface area (Å²) in [5.41, 5.74) is 0. The molecule has 0 aliphatic carbocycles. The van der Waals surface area contributed by atoms with Gasteiger partial charge in [0.05, 0.1) is 0 Å². The van der Waals surface area contributed by atoms with Crippen molar-refractivity contribution in [3.8, 4) is 0 Å². The lowest BCUT2D eigenvalue weighted by Gasteiger charge is -2.16. The fraction of sp³-hybridized carbons (Fsp3) is 0.667. The Labute approximate surface area is 66.5 Å². The molecule has 0 unspecified atom stereocenters. The molecule has 0 atom stereocenters. The molecule has 0 saturated heterocycles. The molecule has 0 saturated carbocycles. The van der Waals surface area contributed by atoms with Crippen molar-refractivity contribution in [3.05, 3.63) is 0 Å². The zero-order chi connectivity index (χ0) is 8.58. The molecule has 0 aliphatic heterocycles. The molecule has 0 N–H and O–H groups in total. The van der Waals surface area contributed by atoms with Gasteiger partial charge in [-0.2, -0.15) is 17.6 Å². The van der Waals surface area contributed by atoms with Crippen LogP contribution in [0.2, 0.25) is 0 Å². The average molecular weight is 243 g/mol. The van der Waals surface area contributed by atoms with Gasteiger partial charge in [-0.05, 0) is 27.5 Å². The van der Waals surface area contributed by atoms with Crippen molar-refractivity contribution in [2.75, 3.05) is 0 Å². The molecule has 0 spiro atoms. The van der Waals surface area contributed by atoms with Crippen LogP contribution in [0.15, 0.2) is 0 Å². The number of hydrogen-bond acceptors (Lipinski definition) is 1. The number of carbonyl (C=O) groups is 1. The van der Waals surface area contributed by atoms with Gasteiger partial charge in [-0.3, -0.25) is 4.79 Å². The molecule has 0 bridgehead atoms. The molecule has 0 rings (SSSR count). The Balaban J connectivity index is 4.57. The Kier molecular flexibility index (Phi) is 2.70. The first-order valence-corrected chi connectivity index (χ1v) is 3.01. The largest absolute Gasteiger partial charge is 0.392 e. The van der Waals surface area contributed by atoms with E-state index in [1.54, 1.807) is 0 Å². The van der Waals surface area contributed by atoms with Gasteiger partial charge in [-0.15, -0.1) is 0 Å². The van der Waals surface area contributed by atoms with E-state index >= 15 is 0 Å². The number of halogens is 6. The molecule has 60 valence electrons. The Morgan fingerprint density at radius 1 is 1.30 bits per heavy atom. The van der Waals surface area contributed by atoms with Crippen molar-refractivity contribution in [2.45, 2.75) is 10.8 Å². The number of carbonyl (C=O) groups excluding carboxylic acids is 1. The van der Waals surface area contributed by atoms with E-state index in [1.807, 2.05) is 0 Å². The molecule has 0 aliphatic rings. The lowest BCUT2D eigenvalue weighted by Crippen LogP contribution is -2.40. The molecule has 0 amide bonds. The van der Waals surface area contributed by atoms with Crippen LogP contribution >= 0.6 is 27.5 Å². The summed E-state index contributed by atoms with van der Waals surface area (Å²) < 4.78 is 46.8. The first kappa shape index (κ1) is 10.2. The van der Waals surface area contributed by atoms with Gasteiger partial charge in [-0.1, -0.05) is 0 Å². The van der Waals surface area contributed by atoms with Crippen molar-refractivity contribution < 1.29 is 22.4 Å². The summed E-state index contributed by atoms with van der Waals surface area (Å²) in [6, 6.07) is 0. The summed E-state index contributed by atoms with van der Waals surface area (Å²) in [5.74, 6) is -4.85. The third kappa shape index (κ3) is 1.82. The van der Waals surface area contributed by atoms with E-state index < -0.39 is 16.0 Å². The quantitative estimate of drug-likeness (QED) is 0.413. The van der Waals surface area contributed by atoms with E-state index in [9.17, 15) is 22.4 Å². The van der Waals surface area contributed by atoms with Crippen LogP contribution in [0.1, 0.15) is 0 Å². The maximum Gasteiger partial charge on any atom is 0.392 e. The highest BCUT2D eigenvalue weighted by atomic mass is 79.9. The molecule has 0 heterocycles. The van der Waals surface area contributed by atoms with E-state index in [0.717, 1.165) is 0 Å². The molecule has 7 heteroatoms. The molecule has 0 aromatic rings. The van der Waals surface area contributed by atoms with E-state index in [1.165, 1.54) is 15.9 Å². The van der Waals surface area contributed by atoms with Crippen LogP contribution in [0.5, 0.6) is 0 Å². The Morgan fingerprint density at radius 2 is 1.60 bits per heavy atom. The highest BCUT2D eigenvalue weighted by Gasteiger charge is 2.59. The van der Waals surface area contributed by atoms with Crippen molar-refractivity contribution in [3.63, 3.8) is 0 Å². The molecule has 0 fully saturated rings. The van der Waals surface area contributed by atoms with Crippen molar-refractivity contribution in [1.29, 1.82) is 0 Å². The first-order chi connectivity index (χ1) is 4.19. The van der Waals surface area contributed by atoms with Gasteiger partial charge in [-0.25, -0.2) is 0 Å². The SMILES string of the molecule is O=C(Cl)C(F)(F)C(F)(F)Br. The zero-order valence-electron chi connectivity index (χ0n) is 4.18. The minimum absolute atomic E-state index is 1.31. The molecular formula is C3BrClF4O. The molecule has 0 aromatic heterocycles. The van der Waals surface area contributed by atoms with Crippen LogP contribution in [-0.4, -0.2) is 16.0 Å². The summed E-state index contributed by atoms with van der Waals surface area (Å²) in [6.07, 6.45) is 0. The van der Waals surface area contributed by atoms with Gasteiger partial charge in [0.25, 0.3) is 5.24 Å². The summed E-state index contributed by atoms with van der Waals surface area (Å²) in [7, 11) is 0. The van der Waals surface area contributed by atoms with Crippen LogP contribution in [0.25, 0.3) is 0 Å². The van der Waals surface area contributed by atoms with Crippen LogP contribution in [-0.2, 0) is 4.79 Å².